The van der Waals surface area contributed by atoms with Gasteiger partial charge >= 0.3 is 0 Å². The molecule has 1 saturated heterocycles. The van der Waals surface area contributed by atoms with Gasteiger partial charge < -0.3 is 14.2 Å². The zero-order chi connectivity index (χ0) is 12.2. The lowest BCUT2D eigenvalue weighted by atomic mass is 10.2. The molecule has 0 bridgehead atoms. The zero-order valence-electron chi connectivity index (χ0n) is 10.6. The molecular formula is C15H20O3. The van der Waals surface area contributed by atoms with E-state index >= 15 is 0 Å². The highest BCUT2D eigenvalue weighted by atomic mass is 16.8. The number of hydrogen-bond acceptors (Lipinski definition) is 3. The van der Waals surface area contributed by atoms with E-state index < -0.39 is 0 Å². The Morgan fingerprint density at radius 3 is 2.78 bits per heavy atom. The van der Waals surface area contributed by atoms with Gasteiger partial charge in [0.1, 0.15) is 11.9 Å². The normalized spacial score (nSPS) is 26.0. The minimum atomic E-state index is -0.0455. The van der Waals surface area contributed by atoms with Crippen molar-refractivity contribution in [2.24, 2.45) is 5.92 Å². The molecule has 0 spiro atoms. The second-order valence-corrected chi connectivity index (χ2v) is 5.13. The summed E-state index contributed by atoms with van der Waals surface area (Å²) in [6.07, 6.45) is 5.02. The van der Waals surface area contributed by atoms with Crippen LogP contribution in [0.2, 0.25) is 0 Å². The van der Waals surface area contributed by atoms with Crippen LogP contribution in [0.5, 0.6) is 5.75 Å². The van der Waals surface area contributed by atoms with Crippen LogP contribution in [0.15, 0.2) is 30.3 Å². The summed E-state index contributed by atoms with van der Waals surface area (Å²) in [6, 6.07) is 9.83. The standard InChI is InChI=1S/C15H20O3/c1-2-5-13(6-3-1)17-15-14(18-15)7-4-10-16-11-12-8-9-12/h1-3,5-6,12,14-15H,4,7-11H2/t14-,15?/m0/s1. The lowest BCUT2D eigenvalue weighted by molar-refractivity contribution is 0.119. The summed E-state index contributed by atoms with van der Waals surface area (Å²) < 4.78 is 16.8. The summed E-state index contributed by atoms with van der Waals surface area (Å²) >= 11 is 0. The predicted octanol–water partition coefficient (Wildman–Crippen LogP) is 3.00. The fourth-order valence-corrected chi connectivity index (χ4v) is 1.99. The van der Waals surface area contributed by atoms with Gasteiger partial charge in [-0.2, -0.15) is 0 Å². The van der Waals surface area contributed by atoms with E-state index in [-0.39, 0.29) is 12.4 Å². The van der Waals surface area contributed by atoms with Gasteiger partial charge in [-0.15, -0.1) is 0 Å². The molecule has 0 aromatic heterocycles. The van der Waals surface area contributed by atoms with Crippen molar-refractivity contribution in [3.8, 4) is 5.75 Å². The van der Waals surface area contributed by atoms with Crippen LogP contribution in [0.4, 0.5) is 0 Å². The van der Waals surface area contributed by atoms with Gasteiger partial charge in [-0.3, -0.25) is 0 Å². The topological polar surface area (TPSA) is 31.0 Å². The molecule has 1 aromatic rings. The maximum atomic E-state index is 5.68. The molecule has 18 heavy (non-hydrogen) atoms. The van der Waals surface area contributed by atoms with Gasteiger partial charge in [0.05, 0.1) is 0 Å². The lowest BCUT2D eigenvalue weighted by Crippen LogP contribution is -2.05. The van der Waals surface area contributed by atoms with Crippen molar-refractivity contribution in [3.63, 3.8) is 0 Å². The number of benzene rings is 1. The van der Waals surface area contributed by atoms with E-state index in [9.17, 15) is 0 Å². The van der Waals surface area contributed by atoms with Gasteiger partial charge in [-0.25, -0.2) is 0 Å². The highest BCUT2D eigenvalue weighted by molar-refractivity contribution is 5.21. The van der Waals surface area contributed by atoms with Crippen molar-refractivity contribution in [1.82, 2.24) is 0 Å². The van der Waals surface area contributed by atoms with E-state index in [1.54, 1.807) is 0 Å². The first kappa shape index (κ1) is 12.0. The molecule has 0 N–H and O–H groups in total. The predicted molar refractivity (Wildman–Crippen MR) is 68.5 cm³/mol. The van der Waals surface area contributed by atoms with E-state index in [0.717, 1.165) is 37.7 Å². The molecule has 1 aliphatic heterocycles. The molecule has 2 aliphatic rings. The van der Waals surface area contributed by atoms with Crippen molar-refractivity contribution in [1.29, 1.82) is 0 Å². The SMILES string of the molecule is c1ccc(OC2O[C@H]2CCCOCC2CC2)cc1. The van der Waals surface area contributed by atoms with Crippen molar-refractivity contribution < 1.29 is 14.2 Å². The van der Waals surface area contributed by atoms with Gasteiger partial charge in [-0.05, 0) is 43.7 Å². The quantitative estimate of drug-likeness (QED) is 0.523. The van der Waals surface area contributed by atoms with Crippen molar-refractivity contribution >= 4 is 0 Å². The van der Waals surface area contributed by atoms with Crippen LogP contribution in [0, 0.1) is 5.92 Å². The molecule has 1 unspecified atom stereocenters. The van der Waals surface area contributed by atoms with Crippen LogP contribution >= 0.6 is 0 Å². The number of epoxide rings is 1. The number of rotatable bonds is 8. The maximum Gasteiger partial charge on any atom is 0.227 e. The highest BCUT2D eigenvalue weighted by Crippen LogP contribution is 2.30. The van der Waals surface area contributed by atoms with Gasteiger partial charge in [0.15, 0.2) is 0 Å². The highest BCUT2D eigenvalue weighted by Gasteiger charge is 2.40. The Morgan fingerprint density at radius 2 is 2.00 bits per heavy atom. The Balaban J connectivity index is 1.25. The molecule has 3 heteroatoms. The minimum absolute atomic E-state index is 0.0455. The van der Waals surface area contributed by atoms with Crippen molar-refractivity contribution in [3.05, 3.63) is 30.3 Å². The zero-order valence-corrected chi connectivity index (χ0v) is 10.6. The number of ether oxygens (including phenoxy) is 3. The summed E-state index contributed by atoms with van der Waals surface area (Å²) in [5.74, 6) is 1.74. The Bertz CT molecular complexity index is 361. The fourth-order valence-electron chi connectivity index (χ4n) is 1.99. The van der Waals surface area contributed by atoms with E-state index in [4.69, 9.17) is 14.2 Å². The Kier molecular flexibility index (Phi) is 3.81. The largest absolute Gasteiger partial charge is 0.462 e. The van der Waals surface area contributed by atoms with E-state index in [2.05, 4.69) is 0 Å². The number of hydrogen-bond donors (Lipinski definition) is 0. The maximum absolute atomic E-state index is 5.68. The number of para-hydroxylation sites is 1. The molecule has 1 saturated carbocycles. The Labute approximate surface area is 108 Å². The van der Waals surface area contributed by atoms with Crippen LogP contribution in [-0.4, -0.2) is 25.6 Å². The van der Waals surface area contributed by atoms with E-state index in [0.29, 0.717) is 0 Å². The minimum Gasteiger partial charge on any atom is -0.462 e. The Hall–Kier alpha value is -1.06. The second kappa shape index (κ2) is 5.72. The molecular weight excluding hydrogens is 228 g/mol. The lowest BCUT2D eigenvalue weighted by Gasteiger charge is -2.02. The average molecular weight is 248 g/mol. The smallest absolute Gasteiger partial charge is 0.227 e. The molecule has 3 rings (SSSR count). The van der Waals surface area contributed by atoms with E-state index in [1.807, 2.05) is 30.3 Å². The summed E-state index contributed by atoms with van der Waals surface area (Å²) in [4.78, 5) is 0. The van der Waals surface area contributed by atoms with Crippen LogP contribution in [0.1, 0.15) is 25.7 Å². The van der Waals surface area contributed by atoms with Crippen molar-refractivity contribution in [2.75, 3.05) is 13.2 Å². The van der Waals surface area contributed by atoms with Gasteiger partial charge in [0.2, 0.25) is 6.29 Å². The molecule has 0 radical (unpaired) electrons. The molecule has 98 valence electrons. The van der Waals surface area contributed by atoms with Crippen LogP contribution in [0.3, 0.4) is 0 Å². The molecule has 0 amide bonds. The molecule has 1 aliphatic carbocycles. The first-order valence-corrected chi connectivity index (χ1v) is 6.87. The molecule has 1 heterocycles. The third-order valence-corrected chi connectivity index (χ3v) is 3.36. The average Bonchev–Trinajstić information content (AvgIpc) is 3.28. The van der Waals surface area contributed by atoms with Crippen LogP contribution in [-0.2, 0) is 9.47 Å². The first-order chi connectivity index (χ1) is 8.92. The monoisotopic (exact) mass is 248 g/mol. The van der Waals surface area contributed by atoms with Crippen LogP contribution in [0.25, 0.3) is 0 Å². The third kappa shape index (κ3) is 3.72. The van der Waals surface area contributed by atoms with Gasteiger partial charge in [-0.1, -0.05) is 18.2 Å². The summed E-state index contributed by atoms with van der Waals surface area (Å²) in [6.45, 7) is 1.81. The van der Waals surface area contributed by atoms with Gasteiger partial charge in [0, 0.05) is 13.2 Å². The summed E-state index contributed by atoms with van der Waals surface area (Å²) in [5.41, 5.74) is 0. The third-order valence-electron chi connectivity index (χ3n) is 3.36. The Morgan fingerprint density at radius 1 is 1.17 bits per heavy atom. The van der Waals surface area contributed by atoms with Crippen molar-refractivity contribution in [2.45, 2.75) is 38.1 Å². The second-order valence-electron chi connectivity index (χ2n) is 5.13. The van der Waals surface area contributed by atoms with E-state index in [1.165, 1.54) is 12.8 Å². The molecule has 3 nitrogen and oxygen atoms in total. The first-order valence-electron chi connectivity index (χ1n) is 6.87. The summed E-state index contributed by atoms with van der Waals surface area (Å²) in [5, 5.41) is 0. The fraction of sp³-hybridized carbons (Fsp3) is 0.600. The van der Waals surface area contributed by atoms with Crippen LogP contribution < -0.4 is 4.74 Å². The molecule has 1 aromatic carbocycles. The molecule has 2 fully saturated rings. The van der Waals surface area contributed by atoms with Gasteiger partial charge in [0.25, 0.3) is 0 Å². The molecule has 2 atom stereocenters. The summed E-state index contributed by atoms with van der Waals surface area (Å²) in [7, 11) is 0.